The lowest BCUT2D eigenvalue weighted by atomic mass is 9.85. The van der Waals surface area contributed by atoms with Crippen LogP contribution in [-0.4, -0.2) is 16.0 Å². The molecule has 0 aliphatic heterocycles. The molecule has 5 nitrogen and oxygen atoms in total. The second kappa shape index (κ2) is 6.71. The Balaban J connectivity index is 1.54. The normalized spacial score (nSPS) is 14.1. The Bertz CT molecular complexity index is 963. The van der Waals surface area contributed by atoms with E-state index in [4.69, 9.17) is 4.52 Å². The maximum Gasteiger partial charge on any atom is 0.255 e. The predicted molar refractivity (Wildman–Crippen MR) is 95.4 cm³/mol. The smallest absolute Gasteiger partial charge is 0.255 e. The highest BCUT2D eigenvalue weighted by Crippen LogP contribution is 2.36. The second-order valence-corrected chi connectivity index (χ2v) is 6.58. The molecule has 26 heavy (non-hydrogen) atoms. The zero-order valence-electron chi connectivity index (χ0n) is 14.3. The van der Waals surface area contributed by atoms with Gasteiger partial charge in [-0.1, -0.05) is 23.7 Å². The first-order valence-corrected chi connectivity index (χ1v) is 8.62. The first-order valence-electron chi connectivity index (χ1n) is 8.62. The number of nitrogens with zero attached hydrogens (tertiary/aromatic N) is 2. The molecule has 2 aromatic carbocycles. The first-order chi connectivity index (χ1) is 12.6. The minimum absolute atomic E-state index is 0.274. The molecular formula is C20H18FN3O2. The number of hydrogen-bond acceptors (Lipinski definition) is 4. The Morgan fingerprint density at radius 3 is 2.81 bits per heavy atom. The number of halogens is 1. The van der Waals surface area contributed by atoms with Crippen LogP contribution in [-0.2, 0) is 0 Å². The van der Waals surface area contributed by atoms with Crippen LogP contribution in [0.5, 0.6) is 0 Å². The molecule has 1 aromatic heterocycles. The number of aryl methyl sites for hydroxylation is 1. The van der Waals surface area contributed by atoms with Crippen molar-refractivity contribution in [1.29, 1.82) is 0 Å². The molecular weight excluding hydrogens is 333 g/mol. The van der Waals surface area contributed by atoms with E-state index in [1.54, 1.807) is 31.2 Å². The lowest BCUT2D eigenvalue weighted by Crippen LogP contribution is -2.13. The van der Waals surface area contributed by atoms with E-state index in [1.165, 1.54) is 18.6 Å². The summed E-state index contributed by atoms with van der Waals surface area (Å²) < 4.78 is 18.6. The van der Waals surface area contributed by atoms with Crippen LogP contribution in [0.2, 0.25) is 0 Å². The molecule has 1 amide bonds. The number of carbonyl (C=O) groups excluding carboxylic acids is 1. The fourth-order valence-corrected chi connectivity index (χ4v) is 2.93. The Hall–Kier alpha value is -3.02. The minimum atomic E-state index is -0.332. The largest absolute Gasteiger partial charge is 0.339 e. The number of anilines is 1. The van der Waals surface area contributed by atoms with Gasteiger partial charge in [0.15, 0.2) is 0 Å². The molecule has 0 atom stereocenters. The lowest BCUT2D eigenvalue weighted by Gasteiger charge is -2.20. The van der Waals surface area contributed by atoms with Crippen LogP contribution in [0, 0.1) is 12.7 Å². The number of aromatic nitrogens is 2. The number of benzene rings is 2. The Kier molecular flexibility index (Phi) is 4.24. The molecule has 6 heteroatoms. The predicted octanol–water partition coefficient (Wildman–Crippen LogP) is 4.70. The van der Waals surface area contributed by atoms with Crippen LogP contribution < -0.4 is 5.32 Å². The number of amides is 1. The summed E-state index contributed by atoms with van der Waals surface area (Å²) in [6.45, 7) is 1.75. The van der Waals surface area contributed by atoms with Crippen LogP contribution in [0.1, 0.15) is 47.0 Å². The molecule has 1 aliphatic carbocycles. The van der Waals surface area contributed by atoms with Gasteiger partial charge in [0, 0.05) is 22.7 Å². The zero-order chi connectivity index (χ0) is 18.1. The second-order valence-electron chi connectivity index (χ2n) is 6.58. The van der Waals surface area contributed by atoms with Gasteiger partial charge in [-0.25, -0.2) is 4.39 Å². The van der Waals surface area contributed by atoms with E-state index >= 15 is 0 Å². The first kappa shape index (κ1) is 16.4. The summed E-state index contributed by atoms with van der Waals surface area (Å²) in [6.07, 6.45) is 3.36. The van der Waals surface area contributed by atoms with E-state index in [0.29, 0.717) is 34.4 Å². The zero-order valence-corrected chi connectivity index (χ0v) is 14.3. The molecule has 0 spiro atoms. The van der Waals surface area contributed by atoms with Gasteiger partial charge in [-0.3, -0.25) is 4.79 Å². The Morgan fingerprint density at radius 2 is 2.08 bits per heavy atom. The summed E-state index contributed by atoms with van der Waals surface area (Å²) in [6, 6.07) is 11.3. The monoisotopic (exact) mass is 351 g/mol. The van der Waals surface area contributed by atoms with Crippen molar-refractivity contribution in [3.05, 3.63) is 65.3 Å². The van der Waals surface area contributed by atoms with Gasteiger partial charge < -0.3 is 9.84 Å². The average Bonchev–Trinajstić information content (AvgIpc) is 3.05. The van der Waals surface area contributed by atoms with E-state index in [0.717, 1.165) is 18.4 Å². The van der Waals surface area contributed by atoms with Crippen molar-refractivity contribution in [3.63, 3.8) is 0 Å². The highest BCUT2D eigenvalue weighted by Gasteiger charge is 2.25. The lowest BCUT2D eigenvalue weighted by molar-refractivity contribution is 0.102. The third kappa shape index (κ3) is 3.22. The van der Waals surface area contributed by atoms with Crippen LogP contribution in [0.25, 0.3) is 11.4 Å². The molecule has 1 heterocycles. The van der Waals surface area contributed by atoms with E-state index in [9.17, 15) is 9.18 Å². The maximum absolute atomic E-state index is 13.2. The molecule has 1 N–H and O–H groups in total. The van der Waals surface area contributed by atoms with Crippen molar-refractivity contribution < 1.29 is 13.7 Å². The van der Waals surface area contributed by atoms with Crippen LogP contribution in [0.15, 0.2) is 47.0 Å². The summed E-state index contributed by atoms with van der Waals surface area (Å²) >= 11 is 0. The summed E-state index contributed by atoms with van der Waals surface area (Å²) in [5, 5.41) is 6.84. The Morgan fingerprint density at radius 1 is 1.23 bits per heavy atom. The van der Waals surface area contributed by atoms with Gasteiger partial charge >= 0.3 is 0 Å². The van der Waals surface area contributed by atoms with E-state index < -0.39 is 0 Å². The third-order valence-corrected chi connectivity index (χ3v) is 4.72. The van der Waals surface area contributed by atoms with Crippen LogP contribution in [0.4, 0.5) is 10.1 Å². The van der Waals surface area contributed by atoms with Gasteiger partial charge in [-0.15, -0.1) is 0 Å². The third-order valence-electron chi connectivity index (χ3n) is 4.72. The summed E-state index contributed by atoms with van der Waals surface area (Å²) in [4.78, 5) is 17.0. The molecule has 0 bridgehead atoms. The fraction of sp³-hybridized carbons (Fsp3) is 0.250. The van der Waals surface area contributed by atoms with Crippen molar-refractivity contribution in [2.24, 2.45) is 0 Å². The number of hydrogen-bond donors (Lipinski definition) is 1. The summed E-state index contributed by atoms with van der Waals surface area (Å²) in [5.74, 6) is 0.915. The van der Waals surface area contributed by atoms with Gasteiger partial charge in [0.25, 0.3) is 5.91 Å². The topological polar surface area (TPSA) is 68.0 Å². The highest BCUT2D eigenvalue weighted by atomic mass is 19.1. The number of carbonyl (C=O) groups is 1. The van der Waals surface area contributed by atoms with E-state index in [2.05, 4.69) is 15.5 Å². The number of rotatable bonds is 4. The van der Waals surface area contributed by atoms with Crippen LogP contribution in [0.3, 0.4) is 0 Å². The van der Waals surface area contributed by atoms with E-state index in [1.807, 2.05) is 6.07 Å². The molecule has 132 valence electrons. The van der Waals surface area contributed by atoms with Gasteiger partial charge in [0.1, 0.15) is 5.82 Å². The SMILES string of the molecule is Cc1cc(F)ccc1NC(=O)c1cccc(-c2noc(C3CCC3)n2)c1. The molecule has 0 radical (unpaired) electrons. The van der Waals surface area contributed by atoms with Crippen molar-refractivity contribution >= 4 is 11.6 Å². The van der Waals surface area contributed by atoms with Crippen molar-refractivity contribution in [2.75, 3.05) is 5.32 Å². The van der Waals surface area contributed by atoms with Gasteiger partial charge in [-0.2, -0.15) is 4.98 Å². The summed E-state index contributed by atoms with van der Waals surface area (Å²) in [7, 11) is 0. The van der Waals surface area contributed by atoms with Crippen molar-refractivity contribution in [2.45, 2.75) is 32.1 Å². The molecule has 0 saturated heterocycles. The average molecular weight is 351 g/mol. The van der Waals surface area contributed by atoms with Crippen molar-refractivity contribution in [1.82, 2.24) is 10.1 Å². The van der Waals surface area contributed by atoms with Gasteiger partial charge in [0.05, 0.1) is 0 Å². The number of nitrogens with one attached hydrogen (secondary N) is 1. The quantitative estimate of drug-likeness (QED) is 0.739. The fourth-order valence-electron chi connectivity index (χ4n) is 2.93. The molecule has 1 aliphatic rings. The van der Waals surface area contributed by atoms with Crippen LogP contribution >= 0.6 is 0 Å². The molecule has 4 rings (SSSR count). The van der Waals surface area contributed by atoms with Crippen molar-refractivity contribution in [3.8, 4) is 11.4 Å². The minimum Gasteiger partial charge on any atom is -0.339 e. The molecule has 1 fully saturated rings. The summed E-state index contributed by atoms with van der Waals surface area (Å²) in [5.41, 5.74) is 2.44. The highest BCUT2D eigenvalue weighted by molar-refractivity contribution is 6.05. The van der Waals surface area contributed by atoms with Gasteiger partial charge in [-0.05, 0) is 55.7 Å². The molecule has 0 unspecified atom stereocenters. The van der Waals surface area contributed by atoms with Gasteiger partial charge in [0.2, 0.25) is 11.7 Å². The standard InChI is InChI=1S/C20H18FN3O2/c1-12-10-16(21)8-9-17(12)22-19(25)15-7-3-6-14(11-15)18-23-20(26-24-18)13-4-2-5-13/h3,6-11,13H,2,4-5H2,1H3,(H,22,25). The molecule has 3 aromatic rings. The van der Waals surface area contributed by atoms with E-state index in [-0.39, 0.29) is 11.7 Å². The molecule has 1 saturated carbocycles. The Labute approximate surface area is 150 Å². The maximum atomic E-state index is 13.2.